The first kappa shape index (κ1) is 20.3. The summed E-state index contributed by atoms with van der Waals surface area (Å²) < 4.78 is 5.48. The molecule has 0 spiro atoms. The van der Waals surface area contributed by atoms with Crippen molar-refractivity contribution in [3.8, 4) is 5.75 Å². The number of carbonyl (C=O) groups excluding carboxylic acids is 2. The predicted molar refractivity (Wildman–Crippen MR) is 126 cm³/mol. The summed E-state index contributed by atoms with van der Waals surface area (Å²) in [6.07, 6.45) is 2.26. The van der Waals surface area contributed by atoms with Crippen molar-refractivity contribution in [2.45, 2.75) is 12.3 Å². The number of aromatic amines is 1. The van der Waals surface area contributed by atoms with E-state index >= 15 is 0 Å². The Morgan fingerprint density at radius 1 is 1.12 bits per heavy atom. The highest BCUT2D eigenvalue weighted by Crippen LogP contribution is 2.33. The zero-order valence-electron chi connectivity index (χ0n) is 17.4. The quantitative estimate of drug-likeness (QED) is 0.446. The van der Waals surface area contributed by atoms with Crippen LogP contribution < -0.4 is 15.0 Å². The zero-order chi connectivity index (χ0) is 21.9. The number of hydrogen-bond donors (Lipinski definition) is 2. The smallest absolute Gasteiger partial charge is 0.265 e. The summed E-state index contributed by atoms with van der Waals surface area (Å²) >= 11 is 1.69. The van der Waals surface area contributed by atoms with E-state index in [1.807, 2.05) is 48.7 Å². The highest BCUT2D eigenvalue weighted by molar-refractivity contribution is 7.10. The molecule has 0 bridgehead atoms. The predicted octanol–water partition coefficient (Wildman–Crippen LogP) is 4.29. The molecule has 1 aliphatic heterocycles. The summed E-state index contributed by atoms with van der Waals surface area (Å²) in [6, 6.07) is 19.7. The highest BCUT2D eigenvalue weighted by atomic mass is 32.1. The average Bonchev–Trinajstić information content (AvgIpc) is 3.50. The summed E-state index contributed by atoms with van der Waals surface area (Å²) in [7, 11) is 0. The Balaban J connectivity index is 1.27. The van der Waals surface area contributed by atoms with Crippen molar-refractivity contribution in [3.05, 3.63) is 82.7 Å². The summed E-state index contributed by atoms with van der Waals surface area (Å²) in [5.41, 5.74) is 2.97. The van der Waals surface area contributed by atoms with Crippen LogP contribution in [0.15, 0.2) is 72.2 Å². The molecule has 4 aromatic rings. The lowest BCUT2D eigenvalue weighted by molar-refractivity contribution is -0.122. The second-order valence-corrected chi connectivity index (χ2v) is 8.69. The van der Waals surface area contributed by atoms with Gasteiger partial charge in [0.25, 0.3) is 5.91 Å². The molecule has 0 fully saturated rings. The molecule has 0 unspecified atom stereocenters. The molecule has 2 amide bonds. The summed E-state index contributed by atoms with van der Waals surface area (Å²) in [6.45, 7) is 0.816. The van der Waals surface area contributed by atoms with Crippen LogP contribution in [0.4, 0.5) is 5.69 Å². The number of aromatic nitrogens is 1. The van der Waals surface area contributed by atoms with Gasteiger partial charge in [0.1, 0.15) is 5.75 Å². The molecule has 3 heterocycles. The first-order valence-electron chi connectivity index (χ1n) is 10.6. The van der Waals surface area contributed by atoms with E-state index in [2.05, 4.69) is 33.9 Å². The third-order valence-electron chi connectivity index (χ3n) is 5.76. The largest absolute Gasteiger partial charge is 0.482 e. The summed E-state index contributed by atoms with van der Waals surface area (Å²) in [5, 5.41) is 6.31. The summed E-state index contributed by atoms with van der Waals surface area (Å²) in [4.78, 5) is 31.2. The number of benzene rings is 2. The standard InChI is InChI=1S/C25H23N3O3S/c29-24(11-12-28-21-8-3-4-9-22(21)31-16-25(28)30)27-15-19(23-10-5-13-32-23)18-14-26-20-7-2-1-6-17(18)20/h1-10,13-14,19,26H,11-12,15-16H2,(H,27,29)/t19-/m0/s1. The Labute approximate surface area is 189 Å². The molecule has 0 aliphatic carbocycles. The molecular formula is C25H23N3O3S. The van der Waals surface area contributed by atoms with Crippen molar-refractivity contribution in [2.24, 2.45) is 0 Å². The maximum atomic E-state index is 12.7. The van der Waals surface area contributed by atoms with Crippen LogP contribution in [0.2, 0.25) is 0 Å². The SMILES string of the molecule is O=C(CCN1C(=O)COc2ccccc21)NC[C@H](c1cccs1)c1c[nH]c2ccccc12. The fourth-order valence-electron chi connectivity index (χ4n) is 4.15. The highest BCUT2D eigenvalue weighted by Gasteiger charge is 2.26. The molecule has 2 aromatic heterocycles. The molecule has 0 saturated carbocycles. The van der Waals surface area contributed by atoms with Crippen molar-refractivity contribution in [1.82, 2.24) is 10.3 Å². The van der Waals surface area contributed by atoms with Crippen LogP contribution in [0.1, 0.15) is 22.8 Å². The number of rotatable bonds is 7. The fourth-order valence-corrected chi connectivity index (χ4v) is 5.00. The molecule has 162 valence electrons. The molecule has 5 rings (SSSR count). The number of carbonyl (C=O) groups is 2. The number of nitrogens with zero attached hydrogens (tertiary/aromatic N) is 1. The topological polar surface area (TPSA) is 74.4 Å². The van der Waals surface area contributed by atoms with Crippen LogP contribution in [0.5, 0.6) is 5.75 Å². The number of amides is 2. The number of H-pyrrole nitrogens is 1. The Morgan fingerprint density at radius 3 is 2.84 bits per heavy atom. The minimum atomic E-state index is -0.133. The van der Waals surface area contributed by atoms with E-state index < -0.39 is 0 Å². The van der Waals surface area contributed by atoms with Gasteiger partial charge in [0.05, 0.1) is 5.69 Å². The van der Waals surface area contributed by atoms with Gasteiger partial charge in [0.15, 0.2) is 6.61 Å². The van der Waals surface area contributed by atoms with Gasteiger partial charge in [0.2, 0.25) is 5.91 Å². The van der Waals surface area contributed by atoms with Gasteiger partial charge in [-0.05, 0) is 35.2 Å². The number of nitrogens with one attached hydrogen (secondary N) is 2. The molecule has 2 N–H and O–H groups in total. The monoisotopic (exact) mass is 445 g/mol. The maximum Gasteiger partial charge on any atom is 0.265 e. The minimum Gasteiger partial charge on any atom is -0.482 e. The fraction of sp³-hybridized carbons (Fsp3) is 0.200. The number of hydrogen-bond acceptors (Lipinski definition) is 4. The van der Waals surface area contributed by atoms with Crippen LogP contribution in [0.25, 0.3) is 10.9 Å². The van der Waals surface area contributed by atoms with E-state index in [1.54, 1.807) is 16.2 Å². The molecule has 0 saturated heterocycles. The van der Waals surface area contributed by atoms with Crippen LogP contribution in [-0.2, 0) is 9.59 Å². The summed E-state index contributed by atoms with van der Waals surface area (Å²) in [5.74, 6) is 0.514. The molecule has 1 aliphatic rings. The van der Waals surface area contributed by atoms with E-state index in [0.717, 1.165) is 10.9 Å². The second kappa shape index (κ2) is 8.88. The first-order valence-corrected chi connectivity index (χ1v) is 11.5. The first-order chi connectivity index (χ1) is 15.7. The third-order valence-corrected chi connectivity index (χ3v) is 6.74. The lowest BCUT2D eigenvalue weighted by Gasteiger charge is -2.29. The molecule has 32 heavy (non-hydrogen) atoms. The number of ether oxygens (including phenoxy) is 1. The van der Waals surface area contributed by atoms with Gasteiger partial charge < -0.3 is 19.9 Å². The van der Waals surface area contributed by atoms with Gasteiger partial charge in [-0.3, -0.25) is 9.59 Å². The van der Waals surface area contributed by atoms with Crippen molar-refractivity contribution in [2.75, 3.05) is 24.6 Å². The maximum absolute atomic E-state index is 12.7. The van der Waals surface area contributed by atoms with E-state index in [9.17, 15) is 9.59 Å². The van der Waals surface area contributed by atoms with E-state index in [1.165, 1.54) is 10.4 Å². The van der Waals surface area contributed by atoms with Gasteiger partial charge in [-0.25, -0.2) is 0 Å². The van der Waals surface area contributed by atoms with Crippen molar-refractivity contribution in [3.63, 3.8) is 0 Å². The lowest BCUT2D eigenvalue weighted by atomic mass is 9.96. The molecule has 0 radical (unpaired) electrons. The van der Waals surface area contributed by atoms with Gasteiger partial charge >= 0.3 is 0 Å². The van der Waals surface area contributed by atoms with Crippen molar-refractivity contribution in [1.29, 1.82) is 0 Å². The van der Waals surface area contributed by atoms with Gasteiger partial charge in [-0.15, -0.1) is 11.3 Å². The number of para-hydroxylation sites is 3. The van der Waals surface area contributed by atoms with Gasteiger partial charge in [-0.1, -0.05) is 36.4 Å². The Hall–Kier alpha value is -3.58. The van der Waals surface area contributed by atoms with Gasteiger partial charge in [-0.2, -0.15) is 0 Å². The Kier molecular flexibility index (Phi) is 5.64. The van der Waals surface area contributed by atoms with Crippen molar-refractivity contribution < 1.29 is 14.3 Å². The molecule has 1 atom stereocenters. The van der Waals surface area contributed by atoms with E-state index in [-0.39, 0.29) is 30.8 Å². The van der Waals surface area contributed by atoms with Gasteiger partial charge in [0, 0.05) is 47.4 Å². The van der Waals surface area contributed by atoms with Crippen LogP contribution in [0.3, 0.4) is 0 Å². The third kappa shape index (κ3) is 3.99. The number of fused-ring (bicyclic) bond motifs is 2. The number of thiophene rings is 1. The second-order valence-electron chi connectivity index (χ2n) is 7.71. The number of anilines is 1. The van der Waals surface area contributed by atoms with Crippen LogP contribution in [-0.4, -0.2) is 36.5 Å². The minimum absolute atomic E-state index is 0.000349. The Morgan fingerprint density at radius 2 is 1.97 bits per heavy atom. The molecule has 6 nitrogen and oxygen atoms in total. The Bertz CT molecular complexity index is 1250. The zero-order valence-corrected chi connectivity index (χ0v) is 18.2. The lowest BCUT2D eigenvalue weighted by Crippen LogP contribution is -2.41. The van der Waals surface area contributed by atoms with Crippen molar-refractivity contribution >= 4 is 39.7 Å². The molecular weight excluding hydrogens is 422 g/mol. The van der Waals surface area contributed by atoms with E-state index in [0.29, 0.717) is 24.5 Å². The molecule has 2 aromatic carbocycles. The average molecular weight is 446 g/mol. The van der Waals surface area contributed by atoms with Crippen LogP contribution >= 0.6 is 11.3 Å². The normalized spacial score (nSPS) is 14.1. The van der Waals surface area contributed by atoms with E-state index in [4.69, 9.17) is 4.74 Å². The van der Waals surface area contributed by atoms with Crippen LogP contribution in [0, 0.1) is 0 Å². The molecule has 7 heteroatoms.